The van der Waals surface area contributed by atoms with Crippen molar-refractivity contribution in [1.29, 1.82) is 0 Å². The first kappa shape index (κ1) is 13.9. The molecule has 1 fully saturated rings. The second kappa shape index (κ2) is 6.62. The third kappa shape index (κ3) is 3.75. The van der Waals surface area contributed by atoms with Crippen molar-refractivity contribution in [3.63, 3.8) is 0 Å². The molecule has 3 nitrogen and oxygen atoms in total. The molecule has 0 amide bonds. The fourth-order valence-electron chi connectivity index (χ4n) is 2.50. The molecule has 1 aromatic carbocycles. The Balaban J connectivity index is 1.76. The largest absolute Gasteiger partial charge is 0.468 e. The molecule has 3 heteroatoms. The maximum Gasteiger partial charge on any atom is 0.117 e. The van der Waals surface area contributed by atoms with Gasteiger partial charge in [0.25, 0.3) is 0 Å². The molecular weight excluding hydrogens is 260 g/mol. The molecular formula is C18H20N2O. The Labute approximate surface area is 125 Å². The Bertz CT molecular complexity index is 633. The van der Waals surface area contributed by atoms with Gasteiger partial charge in [-0.3, -0.25) is 4.90 Å². The van der Waals surface area contributed by atoms with Crippen molar-refractivity contribution >= 4 is 0 Å². The first-order valence-corrected chi connectivity index (χ1v) is 7.40. The molecule has 0 radical (unpaired) electrons. The lowest BCUT2D eigenvalue weighted by Crippen LogP contribution is -2.25. The Morgan fingerprint density at radius 2 is 2.00 bits per heavy atom. The minimum absolute atomic E-state index is 0.396. The van der Waals surface area contributed by atoms with Gasteiger partial charge in [0.05, 0.1) is 19.4 Å². The van der Waals surface area contributed by atoms with Gasteiger partial charge < -0.3 is 10.2 Å². The highest BCUT2D eigenvalue weighted by atomic mass is 16.3. The van der Waals surface area contributed by atoms with E-state index in [2.05, 4.69) is 34.9 Å². The quantitative estimate of drug-likeness (QED) is 0.856. The topological polar surface area (TPSA) is 42.4 Å². The molecule has 0 atom stereocenters. The van der Waals surface area contributed by atoms with Crippen molar-refractivity contribution in [1.82, 2.24) is 4.90 Å². The zero-order valence-electron chi connectivity index (χ0n) is 12.1. The van der Waals surface area contributed by atoms with E-state index in [0.717, 1.165) is 24.4 Å². The number of nitrogens with two attached hydrogens (primary N) is 1. The third-order valence-corrected chi connectivity index (χ3v) is 3.72. The highest BCUT2D eigenvalue weighted by molar-refractivity contribution is 5.41. The summed E-state index contributed by atoms with van der Waals surface area (Å²) in [4.78, 5) is 2.47. The van der Waals surface area contributed by atoms with E-state index in [9.17, 15) is 0 Å². The van der Waals surface area contributed by atoms with Gasteiger partial charge in [0.15, 0.2) is 0 Å². The molecule has 0 unspecified atom stereocenters. The summed E-state index contributed by atoms with van der Waals surface area (Å²) in [6, 6.07) is 13.0. The molecule has 2 aromatic rings. The van der Waals surface area contributed by atoms with Crippen molar-refractivity contribution in [3.8, 4) is 11.8 Å². The smallest absolute Gasteiger partial charge is 0.117 e. The zero-order valence-corrected chi connectivity index (χ0v) is 12.1. The minimum atomic E-state index is 0.396. The van der Waals surface area contributed by atoms with Gasteiger partial charge in [-0.1, -0.05) is 30.0 Å². The fourth-order valence-corrected chi connectivity index (χ4v) is 2.50. The van der Waals surface area contributed by atoms with E-state index in [1.165, 1.54) is 18.4 Å². The van der Waals surface area contributed by atoms with Gasteiger partial charge in [0, 0.05) is 18.2 Å². The first-order valence-electron chi connectivity index (χ1n) is 7.40. The van der Waals surface area contributed by atoms with Crippen molar-refractivity contribution in [2.75, 3.05) is 6.54 Å². The van der Waals surface area contributed by atoms with Gasteiger partial charge in [-0.25, -0.2) is 0 Å². The van der Waals surface area contributed by atoms with Crippen LogP contribution in [0.3, 0.4) is 0 Å². The first-order chi connectivity index (χ1) is 10.4. The number of hydrogen-bond donors (Lipinski definition) is 1. The second-order valence-corrected chi connectivity index (χ2v) is 5.38. The van der Waals surface area contributed by atoms with E-state index in [1.54, 1.807) is 6.26 Å². The summed E-state index contributed by atoms with van der Waals surface area (Å²) in [6.45, 7) is 2.16. The molecule has 0 aliphatic heterocycles. The van der Waals surface area contributed by atoms with Crippen LogP contribution >= 0.6 is 0 Å². The average Bonchev–Trinajstić information content (AvgIpc) is 3.23. The predicted octanol–water partition coefficient (Wildman–Crippen LogP) is 2.75. The SMILES string of the molecule is NCC#Cc1ccccc1CN(Cc1ccco1)C1CC1. The van der Waals surface area contributed by atoms with Crippen LogP contribution < -0.4 is 5.73 Å². The standard InChI is InChI=1S/C18H20N2O/c19-11-3-7-15-5-1-2-6-16(15)13-20(17-9-10-17)14-18-8-4-12-21-18/h1-2,4-6,8,12,17H,9-11,13-14,19H2. The minimum Gasteiger partial charge on any atom is -0.468 e. The lowest BCUT2D eigenvalue weighted by atomic mass is 10.1. The molecule has 108 valence electrons. The Hall–Kier alpha value is -2.02. The number of rotatable bonds is 5. The van der Waals surface area contributed by atoms with Gasteiger partial charge in [0.2, 0.25) is 0 Å². The van der Waals surface area contributed by atoms with E-state index in [4.69, 9.17) is 10.2 Å². The summed E-state index contributed by atoms with van der Waals surface area (Å²) in [6.07, 6.45) is 4.29. The monoisotopic (exact) mass is 280 g/mol. The van der Waals surface area contributed by atoms with Crippen LogP contribution in [-0.4, -0.2) is 17.5 Å². The van der Waals surface area contributed by atoms with E-state index < -0.39 is 0 Å². The van der Waals surface area contributed by atoms with Crippen LogP contribution in [0.2, 0.25) is 0 Å². The third-order valence-electron chi connectivity index (χ3n) is 3.72. The Morgan fingerprint density at radius 3 is 2.71 bits per heavy atom. The summed E-state index contributed by atoms with van der Waals surface area (Å²) >= 11 is 0. The van der Waals surface area contributed by atoms with Crippen molar-refractivity contribution in [3.05, 3.63) is 59.5 Å². The van der Waals surface area contributed by atoms with Crippen molar-refractivity contribution < 1.29 is 4.42 Å². The molecule has 3 rings (SSSR count). The maximum absolute atomic E-state index is 5.49. The van der Waals surface area contributed by atoms with Gasteiger partial charge >= 0.3 is 0 Å². The summed E-state index contributed by atoms with van der Waals surface area (Å²) in [5.41, 5.74) is 7.82. The lowest BCUT2D eigenvalue weighted by Gasteiger charge is -2.21. The predicted molar refractivity (Wildman–Crippen MR) is 83.4 cm³/mol. The summed E-state index contributed by atoms with van der Waals surface area (Å²) in [7, 11) is 0. The Kier molecular flexibility index (Phi) is 4.40. The van der Waals surface area contributed by atoms with Gasteiger partial charge in [-0.15, -0.1) is 0 Å². The molecule has 0 saturated heterocycles. The average molecular weight is 280 g/mol. The summed E-state index contributed by atoms with van der Waals surface area (Å²) in [5, 5.41) is 0. The van der Waals surface area contributed by atoms with Crippen LogP contribution in [0.5, 0.6) is 0 Å². The van der Waals surface area contributed by atoms with E-state index in [-0.39, 0.29) is 0 Å². The van der Waals surface area contributed by atoms with Crippen LogP contribution in [0.25, 0.3) is 0 Å². The van der Waals surface area contributed by atoms with Gasteiger partial charge in [0.1, 0.15) is 5.76 Å². The number of hydrogen-bond acceptors (Lipinski definition) is 3. The van der Waals surface area contributed by atoms with Gasteiger partial charge in [-0.05, 0) is 36.6 Å². The number of furan rings is 1. The van der Waals surface area contributed by atoms with E-state index >= 15 is 0 Å². The molecule has 0 spiro atoms. The lowest BCUT2D eigenvalue weighted by molar-refractivity contribution is 0.225. The number of benzene rings is 1. The van der Waals surface area contributed by atoms with E-state index in [1.807, 2.05) is 18.2 Å². The molecule has 1 aliphatic rings. The molecule has 2 N–H and O–H groups in total. The van der Waals surface area contributed by atoms with E-state index in [0.29, 0.717) is 12.6 Å². The molecule has 21 heavy (non-hydrogen) atoms. The molecule has 1 heterocycles. The second-order valence-electron chi connectivity index (χ2n) is 5.38. The van der Waals surface area contributed by atoms with Crippen LogP contribution in [0.15, 0.2) is 47.1 Å². The Morgan fingerprint density at radius 1 is 1.14 bits per heavy atom. The van der Waals surface area contributed by atoms with Crippen LogP contribution in [0.4, 0.5) is 0 Å². The fraction of sp³-hybridized carbons (Fsp3) is 0.333. The normalized spacial score (nSPS) is 14.0. The van der Waals surface area contributed by atoms with Crippen molar-refractivity contribution in [2.24, 2.45) is 5.73 Å². The molecule has 0 bridgehead atoms. The van der Waals surface area contributed by atoms with Crippen molar-refractivity contribution in [2.45, 2.75) is 32.0 Å². The van der Waals surface area contributed by atoms with Crippen LogP contribution in [0, 0.1) is 11.8 Å². The van der Waals surface area contributed by atoms with Crippen LogP contribution in [0.1, 0.15) is 29.7 Å². The number of nitrogens with zero attached hydrogens (tertiary/aromatic N) is 1. The highest BCUT2D eigenvalue weighted by Gasteiger charge is 2.29. The summed E-state index contributed by atoms with van der Waals surface area (Å²) < 4.78 is 5.49. The molecule has 1 aromatic heterocycles. The summed E-state index contributed by atoms with van der Waals surface area (Å²) in [5.74, 6) is 7.14. The molecule has 1 saturated carbocycles. The highest BCUT2D eigenvalue weighted by Crippen LogP contribution is 2.30. The van der Waals surface area contributed by atoms with Gasteiger partial charge in [-0.2, -0.15) is 0 Å². The van der Waals surface area contributed by atoms with Crippen LogP contribution in [-0.2, 0) is 13.1 Å². The maximum atomic E-state index is 5.49. The molecule has 1 aliphatic carbocycles. The zero-order chi connectivity index (χ0) is 14.5.